The highest BCUT2D eigenvalue weighted by atomic mass is 35.5. The Balaban J connectivity index is 0.00000169. The number of nitrogens with two attached hydrogens (primary N) is 1. The first-order chi connectivity index (χ1) is 5.88. The van der Waals surface area contributed by atoms with Crippen LogP contribution in [0.1, 0.15) is 22.2 Å². The van der Waals surface area contributed by atoms with Gasteiger partial charge in [0.25, 0.3) is 0 Å². The van der Waals surface area contributed by atoms with Gasteiger partial charge in [-0.3, -0.25) is 0 Å². The van der Waals surface area contributed by atoms with Crippen LogP contribution in [-0.4, -0.2) is 6.18 Å². The minimum Gasteiger partial charge on any atom is -0.323 e. The number of halogens is 4. The average molecular weight is 246 g/mol. The van der Waals surface area contributed by atoms with E-state index in [1.165, 1.54) is 11.3 Å². The Bertz CT molecular complexity index is 284. The van der Waals surface area contributed by atoms with Crippen LogP contribution in [0.15, 0.2) is 12.1 Å². The summed E-state index contributed by atoms with van der Waals surface area (Å²) in [5.74, 6) is 0. The molecule has 0 spiro atoms. The number of alkyl halides is 3. The van der Waals surface area contributed by atoms with E-state index < -0.39 is 18.6 Å². The van der Waals surface area contributed by atoms with Crippen LogP contribution in [0.25, 0.3) is 0 Å². The lowest BCUT2D eigenvalue weighted by Crippen LogP contribution is -2.19. The molecule has 0 amide bonds. The number of hydrogen-bond donors (Lipinski definition) is 1. The third-order valence-electron chi connectivity index (χ3n) is 1.58. The summed E-state index contributed by atoms with van der Waals surface area (Å²) in [4.78, 5) is 1.57. The van der Waals surface area contributed by atoms with Crippen LogP contribution in [0.5, 0.6) is 0 Å². The van der Waals surface area contributed by atoms with Crippen molar-refractivity contribution in [2.45, 2.75) is 25.6 Å². The lowest BCUT2D eigenvalue weighted by Gasteiger charge is -2.11. The molecule has 0 aliphatic carbocycles. The second-order valence-electron chi connectivity index (χ2n) is 2.87. The van der Waals surface area contributed by atoms with Gasteiger partial charge in [0.05, 0.1) is 6.42 Å². The molecule has 82 valence electrons. The van der Waals surface area contributed by atoms with Gasteiger partial charge in [-0.25, -0.2) is 0 Å². The third-order valence-corrected chi connectivity index (χ3v) is 2.71. The van der Waals surface area contributed by atoms with Crippen molar-refractivity contribution in [1.29, 1.82) is 0 Å². The van der Waals surface area contributed by atoms with Gasteiger partial charge in [-0.2, -0.15) is 13.2 Å². The zero-order valence-electron chi connectivity index (χ0n) is 7.47. The summed E-state index contributed by atoms with van der Waals surface area (Å²) in [7, 11) is 0. The van der Waals surface area contributed by atoms with Crippen LogP contribution in [-0.2, 0) is 0 Å². The molecule has 0 radical (unpaired) electrons. The van der Waals surface area contributed by atoms with Gasteiger partial charge in [0.2, 0.25) is 0 Å². The number of thiophene rings is 1. The Labute approximate surface area is 90.5 Å². The molecule has 0 saturated heterocycles. The quantitative estimate of drug-likeness (QED) is 0.849. The van der Waals surface area contributed by atoms with Gasteiger partial charge in [0, 0.05) is 15.8 Å². The van der Waals surface area contributed by atoms with Crippen molar-refractivity contribution in [2.24, 2.45) is 5.73 Å². The first-order valence-corrected chi connectivity index (χ1v) is 4.59. The first kappa shape index (κ1) is 13.7. The zero-order chi connectivity index (χ0) is 10.1. The molecule has 0 unspecified atom stereocenters. The van der Waals surface area contributed by atoms with Crippen molar-refractivity contribution in [3.05, 3.63) is 21.9 Å². The second kappa shape index (κ2) is 5.00. The predicted octanol–water partition coefficient (Wildman–Crippen LogP) is 3.43. The monoisotopic (exact) mass is 245 g/mol. The molecule has 1 aromatic rings. The molecule has 0 bridgehead atoms. The summed E-state index contributed by atoms with van der Waals surface area (Å²) >= 11 is 1.31. The number of hydrogen-bond acceptors (Lipinski definition) is 2. The van der Waals surface area contributed by atoms with Crippen LogP contribution in [0, 0.1) is 6.92 Å². The van der Waals surface area contributed by atoms with E-state index in [9.17, 15) is 13.2 Å². The number of rotatable bonds is 2. The van der Waals surface area contributed by atoms with Crippen LogP contribution < -0.4 is 5.73 Å². The van der Waals surface area contributed by atoms with Crippen molar-refractivity contribution in [3.8, 4) is 0 Å². The molecule has 1 atom stereocenters. The summed E-state index contributed by atoms with van der Waals surface area (Å²) in [6.45, 7) is 1.84. The highest BCUT2D eigenvalue weighted by Gasteiger charge is 2.31. The molecule has 0 saturated carbocycles. The van der Waals surface area contributed by atoms with Crippen LogP contribution >= 0.6 is 23.7 Å². The Hall–Kier alpha value is -0.260. The molecule has 0 aliphatic rings. The van der Waals surface area contributed by atoms with E-state index >= 15 is 0 Å². The third kappa shape index (κ3) is 4.30. The Morgan fingerprint density at radius 3 is 2.36 bits per heavy atom. The van der Waals surface area contributed by atoms with E-state index in [2.05, 4.69) is 0 Å². The fourth-order valence-corrected chi connectivity index (χ4v) is 1.88. The predicted molar refractivity (Wildman–Crippen MR) is 53.9 cm³/mol. The van der Waals surface area contributed by atoms with Crippen molar-refractivity contribution < 1.29 is 13.2 Å². The lowest BCUT2D eigenvalue weighted by molar-refractivity contribution is -0.138. The Morgan fingerprint density at radius 2 is 2.00 bits per heavy atom. The molecule has 1 heterocycles. The Kier molecular flexibility index (Phi) is 4.91. The molecular formula is C8H11ClF3NS. The molecule has 0 aliphatic heterocycles. The SMILES string of the molecule is Cc1ccc([C@@H](N)CC(F)(F)F)s1.Cl. The maximum Gasteiger partial charge on any atom is 0.390 e. The lowest BCUT2D eigenvalue weighted by atomic mass is 10.2. The van der Waals surface area contributed by atoms with Gasteiger partial charge < -0.3 is 5.73 Å². The maximum absolute atomic E-state index is 11.9. The molecule has 14 heavy (non-hydrogen) atoms. The van der Waals surface area contributed by atoms with E-state index in [-0.39, 0.29) is 12.4 Å². The van der Waals surface area contributed by atoms with Gasteiger partial charge >= 0.3 is 6.18 Å². The van der Waals surface area contributed by atoms with Crippen molar-refractivity contribution in [2.75, 3.05) is 0 Å². The standard InChI is InChI=1S/C8H10F3NS.ClH/c1-5-2-3-7(13-5)6(12)4-8(9,10)11;/h2-3,6H,4,12H2,1H3;1H/t6-;/m0./s1. The van der Waals surface area contributed by atoms with Crippen molar-refractivity contribution >= 4 is 23.7 Å². The summed E-state index contributed by atoms with van der Waals surface area (Å²) in [5, 5.41) is 0. The molecule has 1 aromatic heterocycles. The summed E-state index contributed by atoms with van der Waals surface area (Å²) in [6.07, 6.45) is -5.13. The topological polar surface area (TPSA) is 26.0 Å². The summed E-state index contributed by atoms with van der Waals surface area (Å²) < 4.78 is 35.8. The van der Waals surface area contributed by atoms with E-state index in [0.717, 1.165) is 4.88 Å². The fraction of sp³-hybridized carbons (Fsp3) is 0.500. The highest BCUT2D eigenvalue weighted by molar-refractivity contribution is 7.12. The van der Waals surface area contributed by atoms with Crippen LogP contribution in [0.2, 0.25) is 0 Å². The zero-order valence-corrected chi connectivity index (χ0v) is 9.10. The molecule has 1 nitrogen and oxygen atoms in total. The van der Waals surface area contributed by atoms with E-state index in [0.29, 0.717) is 4.88 Å². The van der Waals surface area contributed by atoms with Crippen molar-refractivity contribution in [1.82, 2.24) is 0 Å². The number of aryl methyl sites for hydroxylation is 1. The smallest absolute Gasteiger partial charge is 0.323 e. The molecule has 1 rings (SSSR count). The second-order valence-corrected chi connectivity index (χ2v) is 4.19. The van der Waals surface area contributed by atoms with Gasteiger partial charge in [0.15, 0.2) is 0 Å². The van der Waals surface area contributed by atoms with Gasteiger partial charge in [0.1, 0.15) is 0 Å². The van der Waals surface area contributed by atoms with Crippen LogP contribution in [0.4, 0.5) is 13.2 Å². The van der Waals surface area contributed by atoms with E-state index in [4.69, 9.17) is 5.73 Å². The van der Waals surface area contributed by atoms with E-state index in [1.54, 1.807) is 12.1 Å². The normalized spacial score (nSPS) is 13.5. The minimum absolute atomic E-state index is 0. The van der Waals surface area contributed by atoms with E-state index in [1.807, 2.05) is 6.92 Å². The minimum atomic E-state index is -4.18. The largest absolute Gasteiger partial charge is 0.390 e. The summed E-state index contributed by atoms with van der Waals surface area (Å²) in [6, 6.07) is 2.51. The first-order valence-electron chi connectivity index (χ1n) is 3.77. The van der Waals surface area contributed by atoms with Gasteiger partial charge in [-0.1, -0.05) is 0 Å². The molecule has 6 heteroatoms. The van der Waals surface area contributed by atoms with Gasteiger partial charge in [-0.05, 0) is 19.1 Å². The fourth-order valence-electron chi connectivity index (χ4n) is 1.00. The molecule has 2 N–H and O–H groups in total. The Morgan fingerprint density at radius 1 is 1.43 bits per heavy atom. The summed E-state index contributed by atoms with van der Waals surface area (Å²) in [5.41, 5.74) is 5.38. The molecule has 0 fully saturated rings. The van der Waals surface area contributed by atoms with Crippen molar-refractivity contribution in [3.63, 3.8) is 0 Å². The molecule has 0 aromatic carbocycles. The van der Waals surface area contributed by atoms with Gasteiger partial charge in [-0.15, -0.1) is 23.7 Å². The average Bonchev–Trinajstić information content (AvgIpc) is 2.31. The molecular weight excluding hydrogens is 235 g/mol. The van der Waals surface area contributed by atoms with Crippen LogP contribution in [0.3, 0.4) is 0 Å². The highest BCUT2D eigenvalue weighted by Crippen LogP contribution is 2.30. The maximum atomic E-state index is 11.9.